The van der Waals surface area contributed by atoms with Crippen molar-refractivity contribution in [3.63, 3.8) is 0 Å². The molecule has 0 spiro atoms. The molecule has 2 N–H and O–H groups in total. The molecule has 2 heteroatoms. The molecule has 0 heterocycles. The maximum absolute atomic E-state index is 5.99. The third-order valence-electron chi connectivity index (χ3n) is 3.23. The van der Waals surface area contributed by atoms with Crippen molar-refractivity contribution in [3.8, 4) is 0 Å². The van der Waals surface area contributed by atoms with E-state index in [4.69, 9.17) is 5.84 Å². The number of hydrogen-bond acceptors (Lipinski definition) is 2. The summed E-state index contributed by atoms with van der Waals surface area (Å²) in [5.74, 6) is 5.99. The summed E-state index contributed by atoms with van der Waals surface area (Å²) in [6, 6.07) is 0. The zero-order valence-corrected chi connectivity index (χ0v) is 13.3. The maximum Gasteiger partial charge on any atom is 0.0177 e. The lowest BCUT2D eigenvalue weighted by Gasteiger charge is -2.25. The minimum Gasteiger partial charge on any atom is -0.269 e. The Labute approximate surface area is 115 Å². The SMILES string of the molecule is CCCCCCCCCCCN(N)CC(C)(C)C. The molecule has 0 atom stereocenters. The van der Waals surface area contributed by atoms with Crippen molar-refractivity contribution < 1.29 is 0 Å². The minimum atomic E-state index is 0.314. The molecule has 0 aromatic carbocycles. The molecule has 2 nitrogen and oxygen atoms in total. The average Bonchev–Trinajstić information content (AvgIpc) is 2.24. The first kappa shape index (κ1) is 17.9. The third-order valence-corrected chi connectivity index (χ3v) is 3.23. The Morgan fingerprint density at radius 2 is 1.22 bits per heavy atom. The first-order chi connectivity index (χ1) is 8.45. The van der Waals surface area contributed by atoms with Gasteiger partial charge in [0.25, 0.3) is 0 Å². The lowest BCUT2D eigenvalue weighted by atomic mass is 9.96. The normalized spacial score (nSPS) is 12.3. The second-order valence-corrected chi connectivity index (χ2v) is 6.86. The lowest BCUT2D eigenvalue weighted by Crippen LogP contribution is -2.38. The van der Waals surface area contributed by atoms with E-state index < -0.39 is 0 Å². The highest BCUT2D eigenvalue weighted by molar-refractivity contribution is 4.65. The van der Waals surface area contributed by atoms with Crippen molar-refractivity contribution in [3.05, 3.63) is 0 Å². The van der Waals surface area contributed by atoms with Gasteiger partial charge in [0.1, 0.15) is 0 Å². The Morgan fingerprint density at radius 1 is 0.778 bits per heavy atom. The molecule has 18 heavy (non-hydrogen) atoms. The van der Waals surface area contributed by atoms with Gasteiger partial charge in [-0.15, -0.1) is 0 Å². The van der Waals surface area contributed by atoms with Crippen molar-refractivity contribution in [1.82, 2.24) is 5.01 Å². The van der Waals surface area contributed by atoms with Gasteiger partial charge in [-0.1, -0.05) is 79.1 Å². The van der Waals surface area contributed by atoms with Crippen LogP contribution in [0.2, 0.25) is 0 Å². The average molecular weight is 256 g/mol. The highest BCUT2D eigenvalue weighted by Crippen LogP contribution is 2.14. The van der Waals surface area contributed by atoms with Gasteiger partial charge >= 0.3 is 0 Å². The molecule has 0 bridgehead atoms. The molecule has 0 aliphatic carbocycles. The van der Waals surface area contributed by atoms with Gasteiger partial charge in [0.15, 0.2) is 0 Å². The molecule has 0 fully saturated rings. The molecule has 0 rings (SSSR count). The maximum atomic E-state index is 5.99. The van der Waals surface area contributed by atoms with Crippen LogP contribution in [0.5, 0.6) is 0 Å². The predicted octanol–water partition coefficient (Wildman–Crippen LogP) is 4.74. The first-order valence-electron chi connectivity index (χ1n) is 7.95. The van der Waals surface area contributed by atoms with Gasteiger partial charge in [-0.3, -0.25) is 5.84 Å². The number of rotatable bonds is 11. The largest absolute Gasteiger partial charge is 0.269 e. The van der Waals surface area contributed by atoms with Crippen LogP contribution in [0.15, 0.2) is 0 Å². The molecule has 0 aromatic heterocycles. The van der Waals surface area contributed by atoms with E-state index in [0.29, 0.717) is 5.41 Å². The standard InChI is InChI=1S/C16H36N2/c1-5-6-7-8-9-10-11-12-13-14-18(17)15-16(2,3)4/h5-15,17H2,1-4H3. The fourth-order valence-electron chi connectivity index (χ4n) is 2.31. The summed E-state index contributed by atoms with van der Waals surface area (Å²) in [6.45, 7) is 11.0. The smallest absolute Gasteiger partial charge is 0.0177 e. The molecule has 0 aromatic rings. The number of nitrogens with zero attached hydrogens (tertiary/aromatic N) is 1. The Bertz CT molecular complexity index is 172. The molecule has 110 valence electrons. The van der Waals surface area contributed by atoms with E-state index in [0.717, 1.165) is 13.1 Å². The van der Waals surface area contributed by atoms with Crippen molar-refractivity contribution in [2.75, 3.05) is 13.1 Å². The van der Waals surface area contributed by atoms with Gasteiger partial charge in [0.2, 0.25) is 0 Å². The fourth-order valence-corrected chi connectivity index (χ4v) is 2.31. The second kappa shape index (κ2) is 10.8. The summed E-state index contributed by atoms with van der Waals surface area (Å²) in [5, 5.41) is 1.99. The van der Waals surface area contributed by atoms with Gasteiger partial charge < -0.3 is 0 Å². The summed E-state index contributed by atoms with van der Waals surface area (Å²) in [6.07, 6.45) is 12.4. The minimum absolute atomic E-state index is 0.314. The molecule has 0 saturated heterocycles. The van der Waals surface area contributed by atoms with Crippen molar-refractivity contribution in [2.24, 2.45) is 11.3 Å². The van der Waals surface area contributed by atoms with Gasteiger partial charge in [0.05, 0.1) is 0 Å². The summed E-state index contributed by atoms with van der Waals surface area (Å²) in [5.41, 5.74) is 0.314. The van der Waals surface area contributed by atoms with Gasteiger partial charge in [-0.2, -0.15) is 0 Å². The highest BCUT2D eigenvalue weighted by atomic mass is 15.4. The molecular weight excluding hydrogens is 220 g/mol. The van der Waals surface area contributed by atoms with E-state index >= 15 is 0 Å². The van der Waals surface area contributed by atoms with Gasteiger partial charge in [-0.05, 0) is 11.8 Å². The molecule has 0 aliphatic rings. The summed E-state index contributed by atoms with van der Waals surface area (Å²) in [4.78, 5) is 0. The summed E-state index contributed by atoms with van der Waals surface area (Å²) >= 11 is 0. The van der Waals surface area contributed by atoms with Crippen LogP contribution in [0.1, 0.15) is 85.5 Å². The monoisotopic (exact) mass is 256 g/mol. The molecule has 0 saturated carbocycles. The van der Waals surface area contributed by atoms with Crippen LogP contribution in [0.25, 0.3) is 0 Å². The Morgan fingerprint density at radius 3 is 1.67 bits per heavy atom. The van der Waals surface area contributed by atoms with Crippen LogP contribution >= 0.6 is 0 Å². The molecule has 0 radical (unpaired) electrons. The predicted molar refractivity (Wildman–Crippen MR) is 82.4 cm³/mol. The van der Waals surface area contributed by atoms with E-state index in [1.54, 1.807) is 0 Å². The van der Waals surface area contributed by atoms with Gasteiger partial charge in [0, 0.05) is 13.1 Å². The van der Waals surface area contributed by atoms with Crippen LogP contribution in [0.3, 0.4) is 0 Å². The highest BCUT2D eigenvalue weighted by Gasteiger charge is 2.13. The number of nitrogens with two attached hydrogens (primary N) is 1. The van der Waals surface area contributed by atoms with E-state index in [-0.39, 0.29) is 0 Å². The van der Waals surface area contributed by atoms with E-state index in [1.165, 1.54) is 57.8 Å². The Kier molecular flexibility index (Phi) is 10.8. The lowest BCUT2D eigenvalue weighted by molar-refractivity contribution is 0.191. The van der Waals surface area contributed by atoms with Crippen LogP contribution in [-0.4, -0.2) is 18.1 Å². The quantitative estimate of drug-likeness (QED) is 0.329. The fraction of sp³-hybridized carbons (Fsp3) is 1.00. The van der Waals surface area contributed by atoms with Crippen molar-refractivity contribution in [1.29, 1.82) is 0 Å². The molecule has 0 amide bonds. The van der Waals surface area contributed by atoms with Crippen LogP contribution in [0, 0.1) is 5.41 Å². The number of unbranched alkanes of at least 4 members (excludes halogenated alkanes) is 8. The van der Waals surface area contributed by atoms with Crippen LogP contribution < -0.4 is 5.84 Å². The topological polar surface area (TPSA) is 29.3 Å². The summed E-state index contributed by atoms with van der Waals surface area (Å²) in [7, 11) is 0. The van der Waals surface area contributed by atoms with Gasteiger partial charge in [-0.25, -0.2) is 5.01 Å². The zero-order valence-electron chi connectivity index (χ0n) is 13.3. The number of hydrazine groups is 1. The van der Waals surface area contributed by atoms with Crippen molar-refractivity contribution >= 4 is 0 Å². The summed E-state index contributed by atoms with van der Waals surface area (Å²) < 4.78 is 0. The van der Waals surface area contributed by atoms with E-state index in [1.807, 2.05) is 5.01 Å². The Balaban J connectivity index is 3.20. The molecule has 0 aliphatic heterocycles. The Hall–Kier alpha value is -0.0800. The molecule has 0 unspecified atom stereocenters. The van der Waals surface area contributed by atoms with E-state index in [9.17, 15) is 0 Å². The zero-order chi connectivity index (χ0) is 13.9. The first-order valence-corrected chi connectivity index (χ1v) is 7.95. The van der Waals surface area contributed by atoms with Crippen molar-refractivity contribution in [2.45, 2.75) is 85.5 Å². The van der Waals surface area contributed by atoms with Crippen LogP contribution in [0.4, 0.5) is 0 Å². The van der Waals surface area contributed by atoms with E-state index in [2.05, 4.69) is 27.7 Å². The van der Waals surface area contributed by atoms with Crippen LogP contribution in [-0.2, 0) is 0 Å². The second-order valence-electron chi connectivity index (χ2n) is 6.86. The third kappa shape index (κ3) is 14.0. The molecular formula is C16H36N2. The number of hydrogen-bond donors (Lipinski definition) is 1.